The molecular formula is C11H20N2. The van der Waals surface area contributed by atoms with Crippen LogP contribution in [0.2, 0.25) is 0 Å². The molecule has 1 rings (SSSR count). The van der Waals surface area contributed by atoms with E-state index in [4.69, 9.17) is 5.26 Å². The van der Waals surface area contributed by atoms with Crippen molar-refractivity contribution in [1.82, 2.24) is 4.90 Å². The molecule has 2 heteroatoms. The lowest BCUT2D eigenvalue weighted by atomic mass is 9.81. The van der Waals surface area contributed by atoms with Crippen LogP contribution in [0.4, 0.5) is 0 Å². The average Bonchev–Trinajstić information content (AvgIpc) is 2.04. The summed E-state index contributed by atoms with van der Waals surface area (Å²) in [7, 11) is 0. The van der Waals surface area contributed by atoms with Gasteiger partial charge in [0, 0.05) is 13.1 Å². The van der Waals surface area contributed by atoms with Gasteiger partial charge < -0.3 is 0 Å². The van der Waals surface area contributed by atoms with Gasteiger partial charge >= 0.3 is 0 Å². The standard InChI is InChI=1S/C11H20N2/c1-10(2)5-7-13(8-6-10)11(3,4)9-12/h5-8H2,1-4H3. The molecule has 1 heterocycles. The second kappa shape index (κ2) is 3.31. The molecule has 0 amide bonds. The first kappa shape index (κ1) is 10.5. The molecule has 0 radical (unpaired) electrons. The third-order valence-corrected chi connectivity index (χ3v) is 3.18. The van der Waals surface area contributed by atoms with E-state index in [2.05, 4.69) is 24.8 Å². The lowest BCUT2D eigenvalue weighted by molar-refractivity contribution is 0.0774. The molecule has 0 N–H and O–H groups in total. The van der Waals surface area contributed by atoms with E-state index in [9.17, 15) is 0 Å². The Bertz CT molecular complexity index is 213. The normalized spacial score (nSPS) is 23.9. The Kier molecular flexibility index (Phi) is 2.68. The molecule has 13 heavy (non-hydrogen) atoms. The summed E-state index contributed by atoms with van der Waals surface area (Å²) in [5.74, 6) is 0. The van der Waals surface area contributed by atoms with Crippen LogP contribution in [0.15, 0.2) is 0 Å². The van der Waals surface area contributed by atoms with Gasteiger partial charge in [0.05, 0.1) is 6.07 Å². The summed E-state index contributed by atoms with van der Waals surface area (Å²) in [5, 5.41) is 8.98. The molecule has 1 saturated heterocycles. The van der Waals surface area contributed by atoms with Crippen LogP contribution < -0.4 is 0 Å². The molecule has 0 atom stereocenters. The molecule has 1 aliphatic heterocycles. The maximum Gasteiger partial charge on any atom is 0.103 e. The molecule has 0 spiro atoms. The van der Waals surface area contributed by atoms with E-state index in [0.29, 0.717) is 5.41 Å². The minimum Gasteiger partial charge on any atom is -0.286 e. The van der Waals surface area contributed by atoms with E-state index in [1.807, 2.05) is 13.8 Å². The van der Waals surface area contributed by atoms with E-state index in [0.717, 1.165) is 13.1 Å². The van der Waals surface area contributed by atoms with Crippen molar-refractivity contribution in [3.63, 3.8) is 0 Å². The lowest BCUT2D eigenvalue weighted by Gasteiger charge is -2.42. The number of nitrogens with zero attached hydrogens (tertiary/aromatic N) is 2. The highest BCUT2D eigenvalue weighted by Gasteiger charge is 2.33. The second-order valence-corrected chi connectivity index (χ2v) is 5.32. The average molecular weight is 180 g/mol. The van der Waals surface area contributed by atoms with Gasteiger partial charge in [0.2, 0.25) is 0 Å². The molecule has 2 nitrogen and oxygen atoms in total. The molecule has 0 aromatic rings. The summed E-state index contributed by atoms with van der Waals surface area (Å²) < 4.78 is 0. The van der Waals surface area contributed by atoms with Crippen LogP contribution in [-0.2, 0) is 0 Å². The van der Waals surface area contributed by atoms with E-state index in [1.165, 1.54) is 12.8 Å². The van der Waals surface area contributed by atoms with Gasteiger partial charge in [-0.1, -0.05) is 13.8 Å². The zero-order chi connectivity index (χ0) is 10.1. The zero-order valence-corrected chi connectivity index (χ0v) is 9.22. The van der Waals surface area contributed by atoms with Crippen molar-refractivity contribution in [3.05, 3.63) is 0 Å². The third kappa shape index (κ3) is 2.45. The first-order chi connectivity index (χ1) is 5.87. The molecule has 1 aliphatic rings. The van der Waals surface area contributed by atoms with E-state index < -0.39 is 0 Å². The topological polar surface area (TPSA) is 27.0 Å². The minimum absolute atomic E-state index is 0.281. The third-order valence-electron chi connectivity index (χ3n) is 3.18. The molecule has 1 fully saturated rings. The summed E-state index contributed by atoms with van der Waals surface area (Å²) in [6.07, 6.45) is 2.41. The van der Waals surface area contributed by atoms with E-state index in [-0.39, 0.29) is 5.54 Å². The number of likely N-dealkylation sites (tertiary alicyclic amines) is 1. The van der Waals surface area contributed by atoms with Crippen molar-refractivity contribution in [2.24, 2.45) is 5.41 Å². The second-order valence-electron chi connectivity index (χ2n) is 5.32. The van der Waals surface area contributed by atoms with Crippen molar-refractivity contribution >= 4 is 0 Å². The Balaban J connectivity index is 2.56. The molecule has 0 aromatic heterocycles. The molecule has 0 unspecified atom stereocenters. The van der Waals surface area contributed by atoms with E-state index in [1.54, 1.807) is 0 Å². The lowest BCUT2D eigenvalue weighted by Crippen LogP contribution is -2.48. The fraction of sp³-hybridized carbons (Fsp3) is 0.909. The molecule has 0 aromatic carbocycles. The van der Waals surface area contributed by atoms with Gasteiger partial charge in [-0.15, -0.1) is 0 Å². The number of rotatable bonds is 1. The van der Waals surface area contributed by atoms with Gasteiger partial charge in [0.25, 0.3) is 0 Å². The summed E-state index contributed by atoms with van der Waals surface area (Å²) in [4.78, 5) is 2.29. The number of hydrogen-bond donors (Lipinski definition) is 0. The molecule has 0 aliphatic carbocycles. The quantitative estimate of drug-likeness (QED) is 0.619. The number of nitriles is 1. The van der Waals surface area contributed by atoms with Crippen molar-refractivity contribution < 1.29 is 0 Å². The fourth-order valence-electron chi connectivity index (χ4n) is 1.74. The summed E-state index contributed by atoms with van der Waals surface area (Å²) in [6.45, 7) is 10.8. The van der Waals surface area contributed by atoms with Gasteiger partial charge in [0.15, 0.2) is 0 Å². The fourth-order valence-corrected chi connectivity index (χ4v) is 1.74. The Morgan fingerprint density at radius 3 is 2.08 bits per heavy atom. The highest BCUT2D eigenvalue weighted by Crippen LogP contribution is 2.32. The highest BCUT2D eigenvalue weighted by molar-refractivity contribution is 5.03. The van der Waals surface area contributed by atoms with Crippen LogP contribution >= 0.6 is 0 Å². The van der Waals surface area contributed by atoms with Gasteiger partial charge in [-0.25, -0.2) is 0 Å². The monoisotopic (exact) mass is 180 g/mol. The highest BCUT2D eigenvalue weighted by atomic mass is 15.2. The maximum absolute atomic E-state index is 8.98. The Morgan fingerprint density at radius 2 is 1.69 bits per heavy atom. The van der Waals surface area contributed by atoms with Crippen LogP contribution in [-0.4, -0.2) is 23.5 Å². The summed E-state index contributed by atoms with van der Waals surface area (Å²) in [5.41, 5.74) is 0.193. The number of piperidine rings is 1. The van der Waals surface area contributed by atoms with Crippen LogP contribution in [0.5, 0.6) is 0 Å². The first-order valence-electron chi connectivity index (χ1n) is 5.04. The maximum atomic E-state index is 8.98. The molecule has 74 valence electrons. The van der Waals surface area contributed by atoms with Crippen LogP contribution in [0.25, 0.3) is 0 Å². The number of hydrogen-bond acceptors (Lipinski definition) is 2. The molecule has 0 bridgehead atoms. The Hall–Kier alpha value is -0.550. The minimum atomic E-state index is -0.281. The Morgan fingerprint density at radius 1 is 1.23 bits per heavy atom. The summed E-state index contributed by atoms with van der Waals surface area (Å²) >= 11 is 0. The van der Waals surface area contributed by atoms with Crippen LogP contribution in [0, 0.1) is 16.7 Å². The van der Waals surface area contributed by atoms with Gasteiger partial charge in [-0.05, 0) is 32.1 Å². The van der Waals surface area contributed by atoms with E-state index >= 15 is 0 Å². The SMILES string of the molecule is CC1(C)CCN(C(C)(C)C#N)CC1. The van der Waals surface area contributed by atoms with Crippen LogP contribution in [0.1, 0.15) is 40.5 Å². The van der Waals surface area contributed by atoms with Crippen molar-refractivity contribution in [3.8, 4) is 6.07 Å². The largest absolute Gasteiger partial charge is 0.286 e. The van der Waals surface area contributed by atoms with Gasteiger partial charge in [-0.2, -0.15) is 5.26 Å². The summed E-state index contributed by atoms with van der Waals surface area (Å²) in [6, 6.07) is 2.36. The van der Waals surface area contributed by atoms with Gasteiger partial charge in [0.1, 0.15) is 5.54 Å². The van der Waals surface area contributed by atoms with Gasteiger partial charge in [-0.3, -0.25) is 4.90 Å². The predicted molar refractivity (Wildman–Crippen MR) is 54.3 cm³/mol. The molecular weight excluding hydrogens is 160 g/mol. The zero-order valence-electron chi connectivity index (χ0n) is 9.22. The molecule has 0 saturated carbocycles. The predicted octanol–water partition coefficient (Wildman–Crippen LogP) is 2.41. The first-order valence-corrected chi connectivity index (χ1v) is 5.04. The van der Waals surface area contributed by atoms with Crippen molar-refractivity contribution in [2.75, 3.05) is 13.1 Å². The smallest absolute Gasteiger partial charge is 0.103 e. The van der Waals surface area contributed by atoms with Crippen molar-refractivity contribution in [1.29, 1.82) is 5.26 Å². The van der Waals surface area contributed by atoms with Crippen molar-refractivity contribution in [2.45, 2.75) is 46.1 Å². The van der Waals surface area contributed by atoms with Crippen LogP contribution in [0.3, 0.4) is 0 Å². The Labute approximate surface area is 81.5 Å².